The first kappa shape index (κ1) is 27.0. The third kappa shape index (κ3) is 6.52. The van der Waals surface area contributed by atoms with Gasteiger partial charge in [0.25, 0.3) is 0 Å². The lowest BCUT2D eigenvalue weighted by molar-refractivity contribution is -0.135. The van der Waals surface area contributed by atoms with Gasteiger partial charge in [-0.05, 0) is 80.6 Å². The fourth-order valence-corrected chi connectivity index (χ4v) is 6.55. The Hall–Kier alpha value is -3.60. The van der Waals surface area contributed by atoms with Crippen molar-refractivity contribution in [2.24, 2.45) is 0 Å². The number of ether oxygens (including phenoxy) is 1. The number of carbonyl (C=O) groups excluding carboxylic acids is 2. The topological polar surface area (TPSA) is 114 Å². The number of urea groups is 1. The van der Waals surface area contributed by atoms with Crippen molar-refractivity contribution in [3.63, 3.8) is 0 Å². The summed E-state index contributed by atoms with van der Waals surface area (Å²) in [6, 6.07) is 14.1. The monoisotopic (exact) mass is 553 g/mol. The van der Waals surface area contributed by atoms with Gasteiger partial charge >= 0.3 is 12.1 Å². The highest BCUT2D eigenvalue weighted by atomic mass is 32.2. The van der Waals surface area contributed by atoms with Crippen LogP contribution in [0.5, 0.6) is 5.75 Å². The Bertz CT molecular complexity index is 1170. The molecule has 2 atom stereocenters. The number of nitrogens with zero attached hydrogens (tertiary/aromatic N) is 3. The smallest absolute Gasteiger partial charge is 0.408 e. The number of carboxylic acid groups (broad SMARTS) is 1. The highest BCUT2D eigenvalue weighted by Crippen LogP contribution is 2.28. The molecule has 5 rings (SSSR count). The van der Waals surface area contributed by atoms with Crippen LogP contribution in [0, 0.1) is 0 Å². The Morgan fingerprint density at radius 1 is 0.974 bits per heavy atom. The summed E-state index contributed by atoms with van der Waals surface area (Å²) in [4.78, 5) is 42.1. The molecule has 3 N–H and O–H groups in total. The molecule has 2 unspecified atom stereocenters. The van der Waals surface area contributed by atoms with Crippen LogP contribution in [0.15, 0.2) is 48.5 Å². The number of anilines is 3. The van der Waals surface area contributed by atoms with Crippen molar-refractivity contribution in [2.75, 3.05) is 47.3 Å². The zero-order chi connectivity index (χ0) is 27.4. The van der Waals surface area contributed by atoms with Crippen molar-refractivity contribution < 1.29 is 24.2 Å². The van der Waals surface area contributed by atoms with Gasteiger partial charge in [0.2, 0.25) is 5.91 Å². The molecule has 11 heteroatoms. The van der Waals surface area contributed by atoms with E-state index in [2.05, 4.69) is 15.5 Å². The highest BCUT2D eigenvalue weighted by Gasteiger charge is 2.39. The molecular weight excluding hydrogens is 518 g/mol. The molecule has 2 aliphatic heterocycles. The predicted molar refractivity (Wildman–Crippen MR) is 153 cm³/mol. The van der Waals surface area contributed by atoms with E-state index in [1.54, 1.807) is 11.9 Å². The van der Waals surface area contributed by atoms with Crippen molar-refractivity contribution in [1.82, 2.24) is 9.80 Å². The second-order valence-electron chi connectivity index (χ2n) is 10.3. The van der Waals surface area contributed by atoms with Crippen LogP contribution in [0.25, 0.3) is 0 Å². The molecule has 3 fully saturated rings. The molecular formula is C28H35N5O5S. The van der Waals surface area contributed by atoms with Crippen molar-refractivity contribution in [2.45, 2.75) is 50.3 Å². The molecule has 0 aromatic heterocycles. The Morgan fingerprint density at radius 3 is 2.26 bits per heavy atom. The van der Waals surface area contributed by atoms with Gasteiger partial charge in [-0.3, -0.25) is 9.69 Å². The molecule has 0 bridgehead atoms. The van der Waals surface area contributed by atoms with Crippen molar-refractivity contribution in [3.05, 3.63) is 48.5 Å². The van der Waals surface area contributed by atoms with Gasteiger partial charge in [-0.1, -0.05) is 0 Å². The summed E-state index contributed by atoms with van der Waals surface area (Å²) in [6.45, 7) is 1.46. The quantitative estimate of drug-likeness (QED) is 0.454. The number of benzene rings is 2. The summed E-state index contributed by atoms with van der Waals surface area (Å²) in [5, 5.41) is 15.1. The maximum absolute atomic E-state index is 13.0. The van der Waals surface area contributed by atoms with Crippen molar-refractivity contribution in [3.8, 4) is 5.75 Å². The van der Waals surface area contributed by atoms with E-state index in [1.807, 2.05) is 48.5 Å². The summed E-state index contributed by atoms with van der Waals surface area (Å²) in [5.41, 5.74) is 2.37. The van der Waals surface area contributed by atoms with Gasteiger partial charge in [0.05, 0.1) is 18.0 Å². The summed E-state index contributed by atoms with van der Waals surface area (Å²) in [6.07, 6.45) is 4.69. The van der Waals surface area contributed by atoms with Crippen LogP contribution in [-0.2, 0) is 4.79 Å². The van der Waals surface area contributed by atoms with Gasteiger partial charge < -0.3 is 30.3 Å². The minimum absolute atomic E-state index is 0.0114. The molecule has 2 aromatic rings. The summed E-state index contributed by atoms with van der Waals surface area (Å²) >= 11 is 1.46. The largest absolute Gasteiger partial charge is 0.490 e. The van der Waals surface area contributed by atoms with Gasteiger partial charge in [-0.15, -0.1) is 11.8 Å². The number of rotatable bonds is 7. The van der Waals surface area contributed by atoms with Crippen LogP contribution in [0.4, 0.5) is 26.7 Å². The Morgan fingerprint density at radius 2 is 1.62 bits per heavy atom. The molecule has 39 heavy (non-hydrogen) atoms. The van der Waals surface area contributed by atoms with Crippen LogP contribution in [0.2, 0.25) is 0 Å². The Kier molecular flexibility index (Phi) is 8.35. The Labute approximate surface area is 232 Å². The molecule has 3 aliphatic rings. The third-order valence-corrected chi connectivity index (χ3v) is 8.69. The molecule has 2 heterocycles. The van der Waals surface area contributed by atoms with Crippen LogP contribution < -0.4 is 20.3 Å². The number of hydrogen-bond acceptors (Lipinski definition) is 6. The van der Waals surface area contributed by atoms with Crippen LogP contribution >= 0.6 is 11.8 Å². The number of thioether (sulfide) groups is 1. The lowest BCUT2D eigenvalue weighted by Crippen LogP contribution is -2.50. The van der Waals surface area contributed by atoms with Crippen LogP contribution in [0.1, 0.15) is 32.1 Å². The first-order valence-corrected chi connectivity index (χ1v) is 14.6. The lowest BCUT2D eigenvalue weighted by atomic mass is 10.2. The predicted octanol–water partition coefficient (Wildman–Crippen LogP) is 4.74. The number of nitrogens with one attached hydrogen (secondary N) is 2. The maximum Gasteiger partial charge on any atom is 0.408 e. The molecule has 2 saturated heterocycles. The average molecular weight is 554 g/mol. The summed E-state index contributed by atoms with van der Waals surface area (Å²) < 4.78 is 5.98. The van der Waals surface area contributed by atoms with Gasteiger partial charge in [0, 0.05) is 43.0 Å². The molecule has 208 valence electrons. The standard InChI is InChI=1S/C28H35N5O5S/c1-31(26(34)25-17-39-18-33(25)28(36)37)22-14-15-32(16-22)21-10-6-19(7-11-21)29-27(35)30-20-8-12-24(13-9-20)38-23-4-2-3-5-23/h6-13,22-23,25H,2-5,14-18H2,1H3,(H,36,37)(H2,29,30,35). The van der Waals surface area contributed by atoms with E-state index >= 15 is 0 Å². The molecule has 0 spiro atoms. The number of carbonyl (C=O) groups is 3. The van der Waals surface area contributed by atoms with Gasteiger partial charge in [0.1, 0.15) is 11.8 Å². The lowest BCUT2D eigenvalue weighted by Gasteiger charge is -2.30. The Balaban J connectivity index is 1.09. The first-order valence-electron chi connectivity index (χ1n) is 13.4. The van der Waals surface area contributed by atoms with E-state index in [1.165, 1.54) is 29.5 Å². The average Bonchev–Trinajstić information content (AvgIpc) is 3.71. The number of hydrogen-bond donors (Lipinski definition) is 3. The summed E-state index contributed by atoms with van der Waals surface area (Å²) in [7, 11) is 1.77. The first-order chi connectivity index (χ1) is 18.9. The maximum atomic E-state index is 13.0. The van der Waals surface area contributed by atoms with E-state index in [9.17, 15) is 19.5 Å². The minimum Gasteiger partial charge on any atom is -0.490 e. The third-order valence-electron chi connectivity index (χ3n) is 7.68. The molecule has 4 amide bonds. The van der Waals surface area contributed by atoms with Crippen LogP contribution in [-0.4, -0.2) is 82.9 Å². The SMILES string of the molecule is CN(C(=O)C1CSCN1C(=O)O)C1CCN(c2ccc(NC(=O)Nc3ccc(OC4CCCC4)cc3)cc2)C1. The zero-order valence-corrected chi connectivity index (χ0v) is 22.9. The van der Waals surface area contributed by atoms with E-state index in [0.717, 1.165) is 37.2 Å². The zero-order valence-electron chi connectivity index (χ0n) is 22.0. The van der Waals surface area contributed by atoms with Crippen molar-refractivity contribution >= 4 is 46.9 Å². The van der Waals surface area contributed by atoms with E-state index in [4.69, 9.17) is 4.74 Å². The number of likely N-dealkylation sites (N-methyl/N-ethyl adjacent to an activating group) is 1. The van der Waals surface area contributed by atoms with Crippen LogP contribution in [0.3, 0.4) is 0 Å². The molecule has 1 aliphatic carbocycles. The number of amides is 4. The molecule has 0 radical (unpaired) electrons. The van der Waals surface area contributed by atoms with Gasteiger partial charge in [0.15, 0.2) is 0 Å². The van der Waals surface area contributed by atoms with E-state index in [-0.39, 0.29) is 18.0 Å². The van der Waals surface area contributed by atoms with Crippen molar-refractivity contribution in [1.29, 1.82) is 0 Å². The second-order valence-corrected chi connectivity index (χ2v) is 11.3. The highest BCUT2D eigenvalue weighted by molar-refractivity contribution is 7.99. The van der Waals surface area contributed by atoms with E-state index in [0.29, 0.717) is 35.7 Å². The molecule has 10 nitrogen and oxygen atoms in total. The fourth-order valence-electron chi connectivity index (χ4n) is 5.41. The van der Waals surface area contributed by atoms with Gasteiger partial charge in [-0.2, -0.15) is 0 Å². The second kappa shape index (κ2) is 12.1. The van der Waals surface area contributed by atoms with E-state index < -0.39 is 12.1 Å². The summed E-state index contributed by atoms with van der Waals surface area (Å²) in [5.74, 6) is 1.50. The molecule has 1 saturated carbocycles. The van der Waals surface area contributed by atoms with Gasteiger partial charge in [-0.25, -0.2) is 9.59 Å². The fraction of sp³-hybridized carbons (Fsp3) is 0.464. The molecule has 2 aromatic carbocycles. The minimum atomic E-state index is -1.05. The normalized spacial score (nSPS) is 21.2.